The second-order valence-electron chi connectivity index (χ2n) is 5.78. The maximum Gasteiger partial charge on any atom is 0.291 e. The summed E-state index contributed by atoms with van der Waals surface area (Å²) in [4.78, 5) is 18.1. The number of ether oxygens (including phenoxy) is 2. The number of nitrogens with zero attached hydrogens (tertiary/aromatic N) is 2. The van der Waals surface area contributed by atoms with Gasteiger partial charge in [-0.3, -0.25) is 4.79 Å². The summed E-state index contributed by atoms with van der Waals surface area (Å²) in [6.07, 6.45) is 0. The molecule has 0 saturated heterocycles. The number of aromatic nitrogens is 1. The lowest BCUT2D eigenvalue weighted by Gasteiger charge is -2.06. The summed E-state index contributed by atoms with van der Waals surface area (Å²) in [7, 11) is 5.06. The number of rotatable bonds is 3. The third-order valence-corrected chi connectivity index (χ3v) is 6.96. The van der Waals surface area contributed by atoms with E-state index in [9.17, 15) is 4.79 Å². The molecule has 2 aromatic heterocycles. The number of halogens is 1. The second kappa shape index (κ2) is 6.99. The molecule has 0 radical (unpaired) electrons. The zero-order chi connectivity index (χ0) is 19.1. The number of hydrogen-bond donors (Lipinski definition) is 0. The van der Waals surface area contributed by atoms with Crippen LogP contribution in [0.5, 0.6) is 11.5 Å². The van der Waals surface area contributed by atoms with Crippen LogP contribution in [0.25, 0.3) is 20.3 Å². The topological polar surface area (TPSA) is 52.8 Å². The van der Waals surface area contributed by atoms with Gasteiger partial charge in [0, 0.05) is 23.2 Å². The van der Waals surface area contributed by atoms with Crippen molar-refractivity contribution in [1.82, 2.24) is 4.57 Å². The largest absolute Gasteiger partial charge is 0.497 e. The van der Waals surface area contributed by atoms with Gasteiger partial charge in [-0.25, -0.2) is 0 Å². The van der Waals surface area contributed by atoms with Crippen molar-refractivity contribution in [2.24, 2.45) is 12.0 Å². The molecule has 0 aliphatic rings. The van der Waals surface area contributed by atoms with E-state index in [1.165, 1.54) is 22.7 Å². The molecule has 0 saturated carbocycles. The van der Waals surface area contributed by atoms with E-state index in [-0.39, 0.29) is 5.91 Å². The van der Waals surface area contributed by atoms with E-state index in [4.69, 9.17) is 21.1 Å². The lowest BCUT2D eigenvalue weighted by Crippen LogP contribution is -2.13. The van der Waals surface area contributed by atoms with Crippen molar-refractivity contribution in [1.29, 1.82) is 0 Å². The van der Waals surface area contributed by atoms with E-state index in [2.05, 4.69) is 4.99 Å². The molecule has 138 valence electrons. The van der Waals surface area contributed by atoms with Gasteiger partial charge in [-0.2, -0.15) is 4.99 Å². The Balaban J connectivity index is 1.88. The maximum absolute atomic E-state index is 12.8. The predicted octanol–water partition coefficient (Wildman–Crippen LogP) is 4.87. The number of aryl methyl sites for hydroxylation is 1. The molecular weight excluding hydrogens is 404 g/mol. The molecule has 8 heteroatoms. The first kappa shape index (κ1) is 18.0. The Morgan fingerprint density at radius 3 is 2.59 bits per heavy atom. The van der Waals surface area contributed by atoms with Crippen LogP contribution in [0.3, 0.4) is 0 Å². The van der Waals surface area contributed by atoms with Crippen LogP contribution in [-0.4, -0.2) is 24.7 Å². The minimum atomic E-state index is -0.353. The fraction of sp³-hybridized carbons (Fsp3) is 0.158. The van der Waals surface area contributed by atoms with Crippen molar-refractivity contribution in [2.75, 3.05) is 14.2 Å². The van der Waals surface area contributed by atoms with Crippen LogP contribution in [0.15, 0.2) is 41.4 Å². The molecule has 4 rings (SSSR count). The van der Waals surface area contributed by atoms with Gasteiger partial charge in [0.2, 0.25) is 0 Å². The molecule has 2 aromatic carbocycles. The average molecular weight is 419 g/mol. The van der Waals surface area contributed by atoms with Crippen molar-refractivity contribution in [2.45, 2.75) is 0 Å². The average Bonchev–Trinajstić information content (AvgIpc) is 3.18. The van der Waals surface area contributed by atoms with Crippen LogP contribution in [-0.2, 0) is 7.05 Å². The Bertz CT molecular complexity index is 1250. The second-order valence-corrected chi connectivity index (χ2v) is 8.22. The van der Waals surface area contributed by atoms with Gasteiger partial charge in [0.25, 0.3) is 5.91 Å². The zero-order valence-electron chi connectivity index (χ0n) is 14.8. The fourth-order valence-electron chi connectivity index (χ4n) is 2.89. The summed E-state index contributed by atoms with van der Waals surface area (Å²) in [5.41, 5.74) is 0.859. The number of amides is 1. The highest BCUT2D eigenvalue weighted by Gasteiger charge is 2.18. The van der Waals surface area contributed by atoms with Gasteiger partial charge < -0.3 is 14.0 Å². The Morgan fingerprint density at radius 2 is 1.89 bits per heavy atom. The molecule has 27 heavy (non-hydrogen) atoms. The van der Waals surface area contributed by atoms with Gasteiger partial charge in [-0.1, -0.05) is 41.1 Å². The number of carbonyl (C=O) groups is 1. The molecule has 4 aromatic rings. The molecule has 1 amide bonds. The quantitative estimate of drug-likeness (QED) is 0.477. The van der Waals surface area contributed by atoms with Gasteiger partial charge in [0.05, 0.1) is 23.9 Å². The zero-order valence-corrected chi connectivity index (χ0v) is 17.2. The van der Waals surface area contributed by atoms with Crippen LogP contribution in [0, 0.1) is 0 Å². The van der Waals surface area contributed by atoms with Crippen molar-refractivity contribution in [3.05, 3.63) is 51.1 Å². The number of methoxy groups -OCH3 is 2. The standard InChI is InChI=1S/C19H15ClN2O3S2/c1-22-16-12(25-3)8-10(24-2)9-14(16)27-19(22)21-18(23)17-15(20)11-6-4-5-7-13(11)26-17/h4-9H,1-3H3. The lowest BCUT2D eigenvalue weighted by molar-refractivity contribution is 0.100. The van der Waals surface area contributed by atoms with Gasteiger partial charge in [0.15, 0.2) is 4.80 Å². The first-order valence-corrected chi connectivity index (χ1v) is 10.0. The molecule has 0 aliphatic heterocycles. The predicted molar refractivity (Wildman–Crippen MR) is 111 cm³/mol. The van der Waals surface area contributed by atoms with E-state index in [1.54, 1.807) is 14.2 Å². The lowest BCUT2D eigenvalue weighted by atomic mass is 10.2. The van der Waals surface area contributed by atoms with Gasteiger partial charge in [-0.15, -0.1) is 11.3 Å². The Kier molecular flexibility index (Phi) is 4.67. The Hall–Kier alpha value is -2.35. The normalized spacial score (nSPS) is 12.1. The van der Waals surface area contributed by atoms with Crippen molar-refractivity contribution < 1.29 is 14.3 Å². The number of thiazole rings is 1. The van der Waals surface area contributed by atoms with Crippen LogP contribution >= 0.6 is 34.3 Å². The molecule has 0 spiro atoms. The monoisotopic (exact) mass is 418 g/mol. The summed E-state index contributed by atoms with van der Waals surface area (Å²) in [6, 6.07) is 11.4. The van der Waals surface area contributed by atoms with Gasteiger partial charge in [0.1, 0.15) is 21.9 Å². The summed E-state index contributed by atoms with van der Waals surface area (Å²) in [5.74, 6) is 0.998. The molecule has 0 bridgehead atoms. The van der Waals surface area contributed by atoms with Crippen LogP contribution < -0.4 is 14.3 Å². The maximum atomic E-state index is 12.8. The molecule has 0 atom stereocenters. The van der Waals surface area contributed by atoms with Crippen molar-refractivity contribution >= 4 is 60.5 Å². The van der Waals surface area contributed by atoms with Crippen LogP contribution in [0.1, 0.15) is 9.67 Å². The summed E-state index contributed by atoms with van der Waals surface area (Å²) >= 11 is 9.16. The number of hydrogen-bond acceptors (Lipinski definition) is 5. The number of fused-ring (bicyclic) bond motifs is 2. The fourth-order valence-corrected chi connectivity index (χ4v) is 5.35. The highest BCUT2D eigenvalue weighted by atomic mass is 35.5. The van der Waals surface area contributed by atoms with Gasteiger partial charge in [-0.05, 0) is 12.1 Å². The number of benzene rings is 2. The summed E-state index contributed by atoms with van der Waals surface area (Å²) < 4.78 is 14.5. The number of thiophene rings is 1. The van der Waals surface area contributed by atoms with E-state index < -0.39 is 0 Å². The molecule has 0 aliphatic carbocycles. The van der Waals surface area contributed by atoms with E-state index in [0.717, 1.165) is 20.3 Å². The van der Waals surface area contributed by atoms with Crippen molar-refractivity contribution in [3.8, 4) is 11.5 Å². The Morgan fingerprint density at radius 1 is 1.11 bits per heavy atom. The third kappa shape index (κ3) is 3.01. The third-order valence-electron chi connectivity index (χ3n) is 4.22. The Labute approximate surface area is 168 Å². The highest BCUT2D eigenvalue weighted by molar-refractivity contribution is 7.21. The van der Waals surface area contributed by atoms with Crippen molar-refractivity contribution in [3.63, 3.8) is 0 Å². The van der Waals surface area contributed by atoms with E-state index >= 15 is 0 Å². The number of carbonyl (C=O) groups excluding carboxylic acids is 1. The SMILES string of the molecule is COc1cc(OC)c2c(c1)sc(=NC(=O)c1sc3ccccc3c1Cl)n2C. The first-order chi connectivity index (χ1) is 13.0. The molecule has 0 fully saturated rings. The van der Waals surface area contributed by atoms with Crippen LogP contribution in [0.4, 0.5) is 0 Å². The molecule has 0 unspecified atom stereocenters. The highest BCUT2D eigenvalue weighted by Crippen LogP contribution is 2.36. The van der Waals surface area contributed by atoms with E-state index in [0.29, 0.717) is 26.2 Å². The molecule has 5 nitrogen and oxygen atoms in total. The summed E-state index contributed by atoms with van der Waals surface area (Å²) in [5, 5.41) is 1.32. The summed E-state index contributed by atoms with van der Waals surface area (Å²) in [6.45, 7) is 0. The minimum absolute atomic E-state index is 0.353. The van der Waals surface area contributed by atoms with E-state index in [1.807, 2.05) is 48.0 Å². The van der Waals surface area contributed by atoms with Crippen LogP contribution in [0.2, 0.25) is 5.02 Å². The first-order valence-electron chi connectivity index (χ1n) is 8.01. The minimum Gasteiger partial charge on any atom is -0.497 e. The molecule has 0 N–H and O–H groups in total. The molecule has 2 heterocycles. The molecular formula is C19H15ClN2O3S2. The van der Waals surface area contributed by atoms with Gasteiger partial charge >= 0.3 is 0 Å². The smallest absolute Gasteiger partial charge is 0.291 e.